The van der Waals surface area contributed by atoms with Crippen LogP contribution in [0.25, 0.3) is 0 Å². The van der Waals surface area contributed by atoms with Crippen molar-refractivity contribution in [2.24, 2.45) is 0 Å². The van der Waals surface area contributed by atoms with Gasteiger partial charge in [-0.15, -0.1) is 0 Å². The molecule has 0 saturated heterocycles. The topological polar surface area (TPSA) is 73.5 Å². The lowest BCUT2D eigenvalue weighted by atomic mass is 9.96. The van der Waals surface area contributed by atoms with Gasteiger partial charge in [0.15, 0.2) is 0 Å². The van der Waals surface area contributed by atoms with Crippen LogP contribution in [0.4, 0.5) is 26.7 Å². The Bertz CT molecular complexity index is 872. The largest absolute Gasteiger partial charge is 0.335 e. The Hall–Kier alpha value is -3.02. The van der Waals surface area contributed by atoms with Crippen molar-refractivity contribution in [1.29, 1.82) is 0 Å². The minimum Gasteiger partial charge on any atom is -0.335 e. The van der Waals surface area contributed by atoms with Gasteiger partial charge in [-0.25, -0.2) is 9.59 Å². The van der Waals surface area contributed by atoms with Gasteiger partial charge in [0.25, 0.3) is 0 Å². The summed E-state index contributed by atoms with van der Waals surface area (Å²) >= 11 is 0. The number of rotatable bonds is 5. The molecule has 3 N–H and O–H groups in total. The second-order valence-electron chi connectivity index (χ2n) is 8.94. The summed E-state index contributed by atoms with van der Waals surface area (Å²) in [4.78, 5) is 27.3. The fourth-order valence-electron chi connectivity index (χ4n) is 4.74. The molecule has 4 rings (SSSR count). The lowest BCUT2D eigenvalue weighted by Crippen LogP contribution is -2.43. The lowest BCUT2D eigenvalue weighted by Gasteiger charge is -2.28. The van der Waals surface area contributed by atoms with Crippen molar-refractivity contribution in [2.75, 3.05) is 10.2 Å². The maximum Gasteiger partial charge on any atom is 0.326 e. The van der Waals surface area contributed by atoms with Crippen molar-refractivity contribution < 1.29 is 9.59 Å². The van der Waals surface area contributed by atoms with Crippen LogP contribution in [0.2, 0.25) is 0 Å². The Morgan fingerprint density at radius 1 is 0.656 bits per heavy atom. The first-order valence-electron chi connectivity index (χ1n) is 12.0. The number of nitrogens with zero attached hydrogens (tertiary/aromatic N) is 1. The summed E-state index contributed by atoms with van der Waals surface area (Å²) in [6.07, 6.45) is 11.4. The number of amides is 4. The zero-order valence-electron chi connectivity index (χ0n) is 18.7. The molecule has 2 aliphatic carbocycles. The highest BCUT2D eigenvalue weighted by Gasteiger charge is 2.22. The Kier molecular flexibility index (Phi) is 7.64. The van der Waals surface area contributed by atoms with Gasteiger partial charge in [-0.05, 0) is 62.1 Å². The van der Waals surface area contributed by atoms with Gasteiger partial charge >= 0.3 is 12.1 Å². The van der Waals surface area contributed by atoms with E-state index in [2.05, 4.69) is 16.0 Å². The third-order valence-corrected chi connectivity index (χ3v) is 6.47. The monoisotopic (exact) mass is 434 g/mol. The van der Waals surface area contributed by atoms with Gasteiger partial charge in [-0.3, -0.25) is 4.90 Å². The highest BCUT2D eigenvalue weighted by molar-refractivity contribution is 6.00. The molecule has 2 saturated carbocycles. The van der Waals surface area contributed by atoms with Crippen molar-refractivity contribution in [3.63, 3.8) is 0 Å². The number of hydrogen-bond acceptors (Lipinski definition) is 2. The number of carbonyl (C=O) groups is 2. The zero-order valence-corrected chi connectivity index (χ0v) is 18.7. The second-order valence-corrected chi connectivity index (χ2v) is 8.94. The van der Waals surface area contributed by atoms with Gasteiger partial charge in [-0.2, -0.15) is 0 Å². The van der Waals surface area contributed by atoms with E-state index in [-0.39, 0.29) is 24.1 Å². The smallest absolute Gasteiger partial charge is 0.326 e. The van der Waals surface area contributed by atoms with Crippen molar-refractivity contribution in [3.05, 3.63) is 54.6 Å². The molecule has 32 heavy (non-hydrogen) atoms. The van der Waals surface area contributed by atoms with Crippen LogP contribution >= 0.6 is 0 Å². The van der Waals surface area contributed by atoms with Crippen LogP contribution in [0.15, 0.2) is 54.6 Å². The van der Waals surface area contributed by atoms with E-state index in [0.29, 0.717) is 5.69 Å². The molecule has 0 heterocycles. The second kappa shape index (κ2) is 11.0. The molecule has 170 valence electrons. The highest BCUT2D eigenvalue weighted by Crippen LogP contribution is 2.28. The molecule has 2 fully saturated rings. The van der Waals surface area contributed by atoms with Crippen molar-refractivity contribution >= 4 is 29.1 Å². The molecule has 6 nitrogen and oxygen atoms in total. The maximum absolute atomic E-state index is 13.2. The van der Waals surface area contributed by atoms with Gasteiger partial charge in [-0.1, -0.05) is 56.7 Å². The first-order valence-corrected chi connectivity index (χ1v) is 12.0. The normalized spacial score (nSPS) is 17.4. The Balaban J connectivity index is 1.43. The number of hydrogen-bond donors (Lipinski definition) is 3. The molecule has 2 aromatic carbocycles. The average molecular weight is 435 g/mol. The molecule has 2 aliphatic rings. The summed E-state index contributed by atoms with van der Waals surface area (Å²) in [7, 11) is 0. The first kappa shape index (κ1) is 22.2. The van der Waals surface area contributed by atoms with Crippen LogP contribution in [0.3, 0.4) is 0 Å². The molecular weight excluding hydrogens is 400 g/mol. The number of carbonyl (C=O) groups excluding carboxylic acids is 2. The molecule has 6 heteroatoms. The maximum atomic E-state index is 13.2. The van der Waals surface area contributed by atoms with E-state index < -0.39 is 0 Å². The van der Waals surface area contributed by atoms with Crippen LogP contribution in [0, 0.1) is 0 Å². The van der Waals surface area contributed by atoms with Crippen molar-refractivity contribution in [2.45, 2.75) is 76.3 Å². The molecule has 2 aromatic rings. The Morgan fingerprint density at radius 3 is 1.78 bits per heavy atom. The predicted octanol–water partition coefficient (Wildman–Crippen LogP) is 6.32. The van der Waals surface area contributed by atoms with Crippen LogP contribution < -0.4 is 20.9 Å². The minimum absolute atomic E-state index is 0.112. The molecule has 0 unspecified atom stereocenters. The van der Waals surface area contributed by atoms with Crippen LogP contribution in [-0.2, 0) is 0 Å². The standard InChI is InChI=1S/C26H34N4O2/c31-25(27-20-10-4-1-5-11-20)28-22-16-18-24(19-17-22)30(23-14-8-3-9-15-23)26(32)29-21-12-6-2-7-13-21/h3,8-9,14-21H,1-2,4-7,10-13H2,(H,29,32)(H2,27,28,31). The van der Waals surface area contributed by atoms with E-state index in [1.807, 2.05) is 54.6 Å². The van der Waals surface area contributed by atoms with Crippen molar-refractivity contribution in [1.82, 2.24) is 10.6 Å². The third kappa shape index (κ3) is 6.02. The summed E-state index contributed by atoms with van der Waals surface area (Å²) in [5, 5.41) is 9.21. The van der Waals surface area contributed by atoms with E-state index in [0.717, 1.165) is 37.1 Å². The fourth-order valence-corrected chi connectivity index (χ4v) is 4.74. The van der Waals surface area contributed by atoms with E-state index in [4.69, 9.17) is 0 Å². The van der Waals surface area contributed by atoms with Crippen LogP contribution in [0.1, 0.15) is 64.2 Å². The number of anilines is 3. The van der Waals surface area contributed by atoms with E-state index in [1.54, 1.807) is 4.90 Å². The number of urea groups is 2. The molecular formula is C26H34N4O2. The van der Waals surface area contributed by atoms with E-state index in [1.165, 1.54) is 38.5 Å². The first-order chi connectivity index (χ1) is 15.7. The summed E-state index contributed by atoms with van der Waals surface area (Å²) < 4.78 is 0. The van der Waals surface area contributed by atoms with Crippen molar-refractivity contribution in [3.8, 4) is 0 Å². The van der Waals surface area contributed by atoms with Gasteiger partial charge in [0.1, 0.15) is 0 Å². The van der Waals surface area contributed by atoms with Gasteiger partial charge < -0.3 is 16.0 Å². The van der Waals surface area contributed by atoms with Gasteiger partial charge in [0.2, 0.25) is 0 Å². The number of para-hydroxylation sites is 1. The molecule has 0 radical (unpaired) electrons. The summed E-state index contributed by atoms with van der Waals surface area (Å²) in [6, 6.07) is 17.3. The lowest BCUT2D eigenvalue weighted by molar-refractivity contribution is 0.240. The minimum atomic E-state index is -0.167. The molecule has 0 spiro atoms. The predicted molar refractivity (Wildman–Crippen MR) is 129 cm³/mol. The highest BCUT2D eigenvalue weighted by atomic mass is 16.2. The molecule has 0 bridgehead atoms. The Morgan fingerprint density at radius 2 is 1.19 bits per heavy atom. The zero-order chi connectivity index (χ0) is 22.2. The number of nitrogens with one attached hydrogen (secondary N) is 3. The number of benzene rings is 2. The summed E-state index contributed by atoms with van der Waals surface area (Å²) in [5.41, 5.74) is 2.29. The average Bonchev–Trinajstić information content (AvgIpc) is 2.82. The van der Waals surface area contributed by atoms with Crippen LogP contribution in [0.5, 0.6) is 0 Å². The fraction of sp³-hybridized carbons (Fsp3) is 0.462. The van der Waals surface area contributed by atoms with Gasteiger partial charge in [0.05, 0.1) is 11.4 Å². The van der Waals surface area contributed by atoms with E-state index >= 15 is 0 Å². The molecule has 0 atom stereocenters. The molecule has 4 amide bonds. The summed E-state index contributed by atoms with van der Waals surface area (Å²) in [5.74, 6) is 0. The molecule has 0 aromatic heterocycles. The SMILES string of the molecule is O=C(Nc1ccc(N(C(=O)NC2CCCCC2)c2ccccc2)cc1)NC1CCCCC1. The van der Waals surface area contributed by atoms with Gasteiger partial charge in [0, 0.05) is 17.8 Å². The quantitative estimate of drug-likeness (QED) is 0.515. The Labute approximate surface area is 190 Å². The molecule has 0 aliphatic heterocycles. The third-order valence-electron chi connectivity index (χ3n) is 6.47. The van der Waals surface area contributed by atoms with Crippen LogP contribution in [-0.4, -0.2) is 24.1 Å². The summed E-state index contributed by atoms with van der Waals surface area (Å²) in [6.45, 7) is 0. The van der Waals surface area contributed by atoms with E-state index in [9.17, 15) is 9.59 Å².